The third kappa shape index (κ3) is 4.46. The molecule has 4 aromatic rings. The lowest BCUT2D eigenvalue weighted by Gasteiger charge is -2.10. The summed E-state index contributed by atoms with van der Waals surface area (Å²) in [6, 6.07) is 9.23. The maximum atomic E-state index is 12.6. The first-order valence-corrected chi connectivity index (χ1v) is 9.69. The van der Waals surface area contributed by atoms with Gasteiger partial charge in [-0.05, 0) is 42.0 Å². The highest BCUT2D eigenvalue weighted by Crippen LogP contribution is 2.26. The van der Waals surface area contributed by atoms with Crippen molar-refractivity contribution in [2.24, 2.45) is 0 Å². The first-order chi connectivity index (χ1) is 14.2. The maximum Gasteiger partial charge on any atom is 0.322 e. The third-order valence-electron chi connectivity index (χ3n) is 4.14. The van der Waals surface area contributed by atoms with Crippen molar-refractivity contribution in [3.05, 3.63) is 52.7 Å². The van der Waals surface area contributed by atoms with E-state index >= 15 is 0 Å². The van der Waals surface area contributed by atoms with Gasteiger partial charge < -0.3 is 9.15 Å². The van der Waals surface area contributed by atoms with E-state index in [2.05, 4.69) is 36.1 Å². The molecule has 0 atom stereocenters. The lowest BCUT2D eigenvalue weighted by Crippen LogP contribution is -2.13. The summed E-state index contributed by atoms with van der Waals surface area (Å²) in [5.74, 6) is 1.12. The molecule has 0 aliphatic carbocycles. The number of hydrogen-bond donors (Lipinski definition) is 2. The minimum absolute atomic E-state index is 0.0321. The maximum absolute atomic E-state index is 12.6. The van der Waals surface area contributed by atoms with Crippen molar-refractivity contribution in [3.8, 4) is 16.5 Å². The molecule has 0 saturated carbocycles. The Morgan fingerprint density at radius 1 is 1.24 bits per heavy atom. The summed E-state index contributed by atoms with van der Waals surface area (Å²) in [6.45, 7) is 0. The topological polar surface area (TPSA) is 132 Å². The minimum Gasteiger partial charge on any atom is -0.496 e. The normalized spacial score (nSPS) is 10.8. The molecule has 4 rings (SSSR count). The van der Waals surface area contributed by atoms with Crippen LogP contribution in [0.4, 0.5) is 6.01 Å². The van der Waals surface area contributed by atoms with E-state index in [4.69, 9.17) is 9.15 Å². The quantitative estimate of drug-likeness (QED) is 0.452. The lowest BCUT2D eigenvalue weighted by molar-refractivity contribution is 0.102. The monoisotopic (exact) mass is 411 g/mol. The number of benzene rings is 1. The summed E-state index contributed by atoms with van der Waals surface area (Å²) < 4.78 is 10.9. The summed E-state index contributed by atoms with van der Waals surface area (Å²) >= 11 is 1.48. The standard InChI is InChI=1S/C18H17N7O3S/c1-27-13-10-11(4-2-6-15-20-24-25-21-15)7-8-12(13)16(26)19-18-23-22-17(28-18)14-5-3-9-29-14/h3,5,7-10H,2,4,6H2,1H3,(H,19,23,26)(H,20,21,24,25). The molecule has 0 aliphatic heterocycles. The molecule has 2 N–H and O–H groups in total. The fourth-order valence-corrected chi connectivity index (χ4v) is 3.40. The first kappa shape index (κ1) is 18.7. The molecule has 0 spiro atoms. The number of rotatable bonds is 8. The highest BCUT2D eigenvalue weighted by atomic mass is 32.1. The second-order valence-electron chi connectivity index (χ2n) is 6.06. The summed E-state index contributed by atoms with van der Waals surface area (Å²) in [7, 11) is 1.52. The number of nitrogens with zero attached hydrogens (tertiary/aromatic N) is 5. The van der Waals surface area contributed by atoms with Crippen LogP contribution in [0.1, 0.15) is 28.2 Å². The average molecular weight is 411 g/mol. The molecule has 0 unspecified atom stereocenters. The highest BCUT2D eigenvalue weighted by molar-refractivity contribution is 7.13. The van der Waals surface area contributed by atoms with Crippen LogP contribution < -0.4 is 10.1 Å². The van der Waals surface area contributed by atoms with E-state index in [1.54, 1.807) is 6.07 Å². The van der Waals surface area contributed by atoms with E-state index in [1.807, 2.05) is 29.6 Å². The van der Waals surface area contributed by atoms with Crippen LogP contribution in [-0.2, 0) is 12.8 Å². The van der Waals surface area contributed by atoms with E-state index in [0.29, 0.717) is 29.4 Å². The van der Waals surface area contributed by atoms with Crippen molar-refractivity contribution in [1.29, 1.82) is 0 Å². The van der Waals surface area contributed by atoms with Gasteiger partial charge >= 0.3 is 6.01 Å². The second-order valence-corrected chi connectivity index (χ2v) is 7.01. The molecule has 29 heavy (non-hydrogen) atoms. The number of nitrogens with one attached hydrogen (secondary N) is 2. The number of methoxy groups -OCH3 is 1. The largest absolute Gasteiger partial charge is 0.496 e. The summed E-state index contributed by atoms with van der Waals surface area (Å²) in [5.41, 5.74) is 1.42. The van der Waals surface area contributed by atoms with Crippen molar-refractivity contribution in [3.63, 3.8) is 0 Å². The van der Waals surface area contributed by atoms with Crippen molar-refractivity contribution in [2.75, 3.05) is 12.4 Å². The van der Waals surface area contributed by atoms with E-state index in [-0.39, 0.29) is 11.9 Å². The number of carbonyl (C=O) groups excluding carboxylic acids is 1. The van der Waals surface area contributed by atoms with Gasteiger partial charge in [0.15, 0.2) is 5.82 Å². The van der Waals surface area contributed by atoms with Gasteiger partial charge in [-0.2, -0.15) is 5.21 Å². The van der Waals surface area contributed by atoms with E-state index < -0.39 is 0 Å². The average Bonchev–Trinajstić information content (AvgIpc) is 3.50. The van der Waals surface area contributed by atoms with Gasteiger partial charge in [0.25, 0.3) is 11.8 Å². The molecule has 3 heterocycles. The Labute approximate surface area is 169 Å². The van der Waals surface area contributed by atoms with E-state index in [1.165, 1.54) is 18.4 Å². The van der Waals surface area contributed by atoms with Crippen LogP contribution in [0.25, 0.3) is 10.8 Å². The van der Waals surface area contributed by atoms with Gasteiger partial charge in [0.05, 0.1) is 17.6 Å². The van der Waals surface area contributed by atoms with Crippen LogP contribution in [0.5, 0.6) is 5.75 Å². The van der Waals surface area contributed by atoms with E-state index in [0.717, 1.165) is 23.3 Å². The summed E-state index contributed by atoms with van der Waals surface area (Å²) in [4.78, 5) is 13.5. The molecule has 0 bridgehead atoms. The Morgan fingerprint density at radius 3 is 2.93 bits per heavy atom. The highest BCUT2D eigenvalue weighted by Gasteiger charge is 2.17. The van der Waals surface area contributed by atoms with Crippen molar-refractivity contribution < 1.29 is 13.9 Å². The predicted molar refractivity (Wildman–Crippen MR) is 105 cm³/mol. The number of H-pyrrole nitrogens is 1. The van der Waals surface area contributed by atoms with Gasteiger partial charge in [-0.15, -0.1) is 26.6 Å². The number of hydrogen-bond acceptors (Lipinski definition) is 9. The van der Waals surface area contributed by atoms with Crippen LogP contribution in [0.2, 0.25) is 0 Å². The van der Waals surface area contributed by atoms with E-state index in [9.17, 15) is 4.79 Å². The smallest absolute Gasteiger partial charge is 0.322 e. The molecular weight excluding hydrogens is 394 g/mol. The Hall–Kier alpha value is -3.60. The number of tetrazole rings is 1. The zero-order valence-electron chi connectivity index (χ0n) is 15.5. The molecule has 1 amide bonds. The Balaban J connectivity index is 1.41. The first-order valence-electron chi connectivity index (χ1n) is 8.81. The Kier molecular flexibility index (Phi) is 5.56. The molecule has 0 fully saturated rings. The SMILES string of the molecule is COc1cc(CCCc2nn[nH]n2)ccc1C(=O)Nc1nnc(-c2cccs2)o1. The van der Waals surface area contributed by atoms with Crippen LogP contribution in [-0.4, -0.2) is 43.8 Å². The number of aromatic amines is 1. The van der Waals surface area contributed by atoms with Gasteiger partial charge in [-0.1, -0.05) is 22.4 Å². The lowest BCUT2D eigenvalue weighted by atomic mass is 10.0. The van der Waals surface area contributed by atoms with Crippen LogP contribution in [0.15, 0.2) is 40.1 Å². The van der Waals surface area contributed by atoms with Crippen LogP contribution >= 0.6 is 11.3 Å². The number of anilines is 1. The number of amides is 1. The number of aryl methyl sites for hydroxylation is 2. The fraction of sp³-hybridized carbons (Fsp3) is 0.222. The minimum atomic E-state index is -0.387. The fourth-order valence-electron chi connectivity index (χ4n) is 2.76. The zero-order chi connectivity index (χ0) is 20.1. The molecule has 11 heteroatoms. The molecule has 3 aromatic heterocycles. The molecule has 0 aliphatic rings. The summed E-state index contributed by atoms with van der Waals surface area (Å²) in [5, 5.41) is 26.2. The molecule has 10 nitrogen and oxygen atoms in total. The Bertz CT molecular complexity index is 1080. The van der Waals surface area contributed by atoms with Crippen LogP contribution in [0, 0.1) is 0 Å². The van der Waals surface area contributed by atoms with Gasteiger partial charge in [0, 0.05) is 6.42 Å². The molecule has 0 saturated heterocycles. The van der Waals surface area contributed by atoms with Gasteiger partial charge in [-0.25, -0.2) is 0 Å². The van der Waals surface area contributed by atoms with Crippen molar-refractivity contribution in [1.82, 2.24) is 30.8 Å². The zero-order valence-corrected chi connectivity index (χ0v) is 16.3. The van der Waals surface area contributed by atoms with Gasteiger partial charge in [0.1, 0.15) is 5.75 Å². The molecular formula is C18H17N7O3S. The second kappa shape index (κ2) is 8.61. The van der Waals surface area contributed by atoms with Crippen LogP contribution in [0.3, 0.4) is 0 Å². The number of thiophene rings is 1. The van der Waals surface area contributed by atoms with Crippen molar-refractivity contribution >= 4 is 23.3 Å². The van der Waals surface area contributed by atoms with Gasteiger partial charge in [-0.3, -0.25) is 10.1 Å². The molecule has 0 radical (unpaired) electrons. The molecule has 148 valence electrons. The number of aromatic nitrogens is 6. The number of ether oxygens (including phenoxy) is 1. The number of carbonyl (C=O) groups is 1. The van der Waals surface area contributed by atoms with Gasteiger partial charge in [0.2, 0.25) is 0 Å². The molecule has 1 aromatic carbocycles. The summed E-state index contributed by atoms with van der Waals surface area (Å²) in [6.07, 6.45) is 2.35. The predicted octanol–water partition coefficient (Wildman–Crippen LogP) is 2.75. The third-order valence-corrected chi connectivity index (χ3v) is 5.00. The van der Waals surface area contributed by atoms with Crippen molar-refractivity contribution in [2.45, 2.75) is 19.3 Å². The Morgan fingerprint density at radius 2 is 2.17 bits per heavy atom.